The molecule has 0 unspecified atom stereocenters. The van der Waals surface area contributed by atoms with Crippen LogP contribution in [0.25, 0.3) is 0 Å². The molecule has 0 atom stereocenters. The van der Waals surface area contributed by atoms with Crippen LogP contribution < -0.4 is 9.86 Å². The third kappa shape index (κ3) is 6.28. The van der Waals surface area contributed by atoms with Crippen molar-refractivity contribution >= 4 is 10.2 Å². The highest BCUT2D eigenvalue weighted by Gasteiger charge is 2.06. The van der Waals surface area contributed by atoms with Crippen molar-refractivity contribution in [3.05, 3.63) is 0 Å². The SMILES string of the molecule is CCC(CC)CNS(N)(=O)=O. The minimum atomic E-state index is -3.49. The summed E-state index contributed by atoms with van der Waals surface area (Å²) in [5.41, 5.74) is 0. The lowest BCUT2D eigenvalue weighted by atomic mass is 10.0. The predicted molar refractivity (Wildman–Crippen MR) is 45.2 cm³/mol. The number of nitrogens with one attached hydrogen (secondary N) is 1. The Morgan fingerprint density at radius 3 is 2.09 bits per heavy atom. The second-order valence-electron chi connectivity index (χ2n) is 2.58. The van der Waals surface area contributed by atoms with Gasteiger partial charge >= 0.3 is 0 Å². The first-order valence-electron chi connectivity index (χ1n) is 3.77. The van der Waals surface area contributed by atoms with Gasteiger partial charge in [-0.25, -0.2) is 9.86 Å². The standard InChI is InChI=1S/C6H16N2O2S/c1-3-6(4-2)5-8-11(7,9)10/h6,8H,3-5H2,1-2H3,(H2,7,9,10). The van der Waals surface area contributed by atoms with Gasteiger partial charge in [0.05, 0.1) is 0 Å². The van der Waals surface area contributed by atoms with E-state index < -0.39 is 10.2 Å². The molecule has 68 valence electrons. The highest BCUT2D eigenvalue weighted by Crippen LogP contribution is 2.04. The van der Waals surface area contributed by atoms with Gasteiger partial charge in [-0.05, 0) is 5.92 Å². The summed E-state index contributed by atoms with van der Waals surface area (Å²) in [4.78, 5) is 0. The Morgan fingerprint density at radius 2 is 1.82 bits per heavy atom. The monoisotopic (exact) mass is 180 g/mol. The van der Waals surface area contributed by atoms with Crippen molar-refractivity contribution in [3.8, 4) is 0 Å². The summed E-state index contributed by atoms with van der Waals surface area (Å²) < 4.78 is 23.1. The Hall–Kier alpha value is -0.130. The summed E-state index contributed by atoms with van der Waals surface area (Å²) in [6.07, 6.45) is 1.94. The van der Waals surface area contributed by atoms with Crippen molar-refractivity contribution in [1.29, 1.82) is 0 Å². The van der Waals surface area contributed by atoms with Gasteiger partial charge in [0.25, 0.3) is 10.2 Å². The molecule has 0 saturated heterocycles. The lowest BCUT2D eigenvalue weighted by Crippen LogP contribution is -2.34. The fourth-order valence-corrected chi connectivity index (χ4v) is 1.28. The van der Waals surface area contributed by atoms with Crippen LogP contribution in [-0.4, -0.2) is 15.0 Å². The van der Waals surface area contributed by atoms with E-state index in [9.17, 15) is 8.42 Å². The molecule has 0 heterocycles. The second-order valence-corrected chi connectivity index (χ2v) is 3.95. The van der Waals surface area contributed by atoms with Gasteiger partial charge in [0.15, 0.2) is 0 Å². The van der Waals surface area contributed by atoms with E-state index in [1.165, 1.54) is 0 Å². The topological polar surface area (TPSA) is 72.2 Å². The van der Waals surface area contributed by atoms with Crippen molar-refractivity contribution < 1.29 is 8.42 Å². The maximum atomic E-state index is 10.4. The molecule has 0 fully saturated rings. The fourth-order valence-electron chi connectivity index (χ4n) is 0.811. The first kappa shape index (κ1) is 10.9. The molecule has 0 bridgehead atoms. The van der Waals surface area contributed by atoms with Gasteiger partial charge in [0, 0.05) is 6.54 Å². The molecular weight excluding hydrogens is 164 g/mol. The molecule has 0 amide bonds. The molecule has 3 N–H and O–H groups in total. The van der Waals surface area contributed by atoms with Crippen molar-refractivity contribution in [2.24, 2.45) is 11.1 Å². The number of hydrogen-bond donors (Lipinski definition) is 2. The van der Waals surface area contributed by atoms with E-state index in [-0.39, 0.29) is 0 Å². The molecular formula is C6H16N2O2S. The van der Waals surface area contributed by atoms with Gasteiger partial charge in [-0.2, -0.15) is 8.42 Å². The van der Waals surface area contributed by atoms with E-state index in [0.717, 1.165) is 12.8 Å². The van der Waals surface area contributed by atoms with E-state index in [1.807, 2.05) is 13.8 Å². The van der Waals surface area contributed by atoms with Crippen LogP contribution in [0.2, 0.25) is 0 Å². The molecule has 4 nitrogen and oxygen atoms in total. The minimum Gasteiger partial charge on any atom is -0.216 e. The second kappa shape index (κ2) is 4.69. The quantitative estimate of drug-likeness (QED) is 0.635. The number of nitrogens with two attached hydrogens (primary N) is 1. The van der Waals surface area contributed by atoms with E-state index in [0.29, 0.717) is 12.5 Å². The molecule has 0 aliphatic heterocycles. The normalized spacial score (nSPS) is 12.4. The van der Waals surface area contributed by atoms with Crippen LogP contribution in [-0.2, 0) is 10.2 Å². The Morgan fingerprint density at radius 1 is 1.36 bits per heavy atom. The molecule has 0 spiro atoms. The Labute approximate surface area is 68.3 Å². The Kier molecular flexibility index (Phi) is 4.63. The third-order valence-electron chi connectivity index (χ3n) is 1.73. The van der Waals surface area contributed by atoms with Gasteiger partial charge in [-0.15, -0.1) is 0 Å². The number of hydrogen-bond acceptors (Lipinski definition) is 2. The van der Waals surface area contributed by atoms with Crippen molar-refractivity contribution in [2.75, 3.05) is 6.54 Å². The van der Waals surface area contributed by atoms with Gasteiger partial charge in [0.1, 0.15) is 0 Å². The Balaban J connectivity index is 3.69. The van der Waals surface area contributed by atoms with Gasteiger partial charge in [-0.1, -0.05) is 26.7 Å². The zero-order valence-corrected chi connectivity index (χ0v) is 7.82. The first-order valence-corrected chi connectivity index (χ1v) is 5.31. The molecule has 5 heteroatoms. The van der Waals surface area contributed by atoms with Crippen LogP contribution in [0.1, 0.15) is 26.7 Å². The van der Waals surface area contributed by atoms with E-state index in [4.69, 9.17) is 5.14 Å². The molecule has 0 aromatic heterocycles. The highest BCUT2D eigenvalue weighted by molar-refractivity contribution is 7.87. The average molecular weight is 180 g/mol. The molecule has 0 aromatic carbocycles. The summed E-state index contributed by atoms with van der Waals surface area (Å²) in [7, 11) is -3.49. The Bertz CT molecular complexity index is 185. The molecule has 0 saturated carbocycles. The van der Waals surface area contributed by atoms with Crippen LogP contribution in [0.5, 0.6) is 0 Å². The molecule has 11 heavy (non-hydrogen) atoms. The van der Waals surface area contributed by atoms with E-state index in [2.05, 4.69) is 4.72 Å². The summed E-state index contributed by atoms with van der Waals surface area (Å²) >= 11 is 0. The van der Waals surface area contributed by atoms with Gasteiger partial charge in [0.2, 0.25) is 0 Å². The van der Waals surface area contributed by atoms with Crippen LogP contribution in [0, 0.1) is 5.92 Å². The third-order valence-corrected chi connectivity index (χ3v) is 2.30. The number of rotatable bonds is 5. The lowest BCUT2D eigenvalue weighted by Gasteiger charge is -2.10. The fraction of sp³-hybridized carbons (Fsp3) is 1.00. The summed E-state index contributed by atoms with van der Waals surface area (Å²) in [5.74, 6) is 0.397. The molecule has 0 aromatic rings. The zero-order valence-electron chi connectivity index (χ0n) is 7.00. The zero-order chi connectivity index (χ0) is 8.91. The molecule has 0 rings (SSSR count). The summed E-state index contributed by atoms with van der Waals surface area (Å²) in [5, 5.41) is 4.75. The summed E-state index contributed by atoms with van der Waals surface area (Å²) in [6, 6.07) is 0. The summed E-state index contributed by atoms with van der Waals surface area (Å²) in [6.45, 7) is 4.50. The first-order chi connectivity index (χ1) is 4.99. The molecule has 0 radical (unpaired) electrons. The van der Waals surface area contributed by atoms with Crippen LogP contribution in [0.4, 0.5) is 0 Å². The molecule has 0 aliphatic rings. The van der Waals surface area contributed by atoms with Crippen molar-refractivity contribution in [3.63, 3.8) is 0 Å². The lowest BCUT2D eigenvalue weighted by molar-refractivity contribution is 0.479. The maximum Gasteiger partial charge on any atom is 0.274 e. The predicted octanol–water partition coefficient (Wildman–Crippen LogP) is 0.216. The smallest absolute Gasteiger partial charge is 0.216 e. The van der Waals surface area contributed by atoms with Crippen molar-refractivity contribution in [2.45, 2.75) is 26.7 Å². The largest absolute Gasteiger partial charge is 0.274 e. The average Bonchev–Trinajstić information content (AvgIpc) is 1.88. The van der Waals surface area contributed by atoms with Crippen LogP contribution in [0.15, 0.2) is 0 Å². The van der Waals surface area contributed by atoms with Crippen LogP contribution >= 0.6 is 0 Å². The maximum absolute atomic E-state index is 10.4. The van der Waals surface area contributed by atoms with E-state index >= 15 is 0 Å². The van der Waals surface area contributed by atoms with E-state index in [1.54, 1.807) is 0 Å². The minimum absolute atomic E-state index is 0.397. The molecule has 0 aliphatic carbocycles. The van der Waals surface area contributed by atoms with Gasteiger partial charge < -0.3 is 0 Å². The van der Waals surface area contributed by atoms with Gasteiger partial charge in [-0.3, -0.25) is 0 Å². The van der Waals surface area contributed by atoms with Crippen LogP contribution in [0.3, 0.4) is 0 Å². The highest BCUT2D eigenvalue weighted by atomic mass is 32.2. The van der Waals surface area contributed by atoms with Crippen molar-refractivity contribution in [1.82, 2.24) is 4.72 Å².